The minimum absolute atomic E-state index is 0.247. The summed E-state index contributed by atoms with van der Waals surface area (Å²) in [6.45, 7) is 5.88. The third-order valence-electron chi connectivity index (χ3n) is 5.97. The van der Waals surface area contributed by atoms with Gasteiger partial charge in [0.15, 0.2) is 17.3 Å². The summed E-state index contributed by atoms with van der Waals surface area (Å²) in [5, 5.41) is 6.12. The summed E-state index contributed by atoms with van der Waals surface area (Å²) in [5.74, 6) is -3.20. The predicted molar refractivity (Wildman–Crippen MR) is 151 cm³/mol. The monoisotopic (exact) mass is 620 g/mol. The Hall–Kier alpha value is -4.50. The minimum atomic E-state index is -1.38. The Morgan fingerprint density at radius 3 is 2.00 bits per heavy atom. The van der Waals surface area contributed by atoms with Gasteiger partial charge in [0.1, 0.15) is 24.0 Å². The summed E-state index contributed by atoms with van der Waals surface area (Å²) in [6.07, 6.45) is -4.90. The third kappa shape index (κ3) is 8.99. The fraction of sp³-hybridized carbons (Fsp3) is 0.429. The molecule has 1 aromatic carbocycles. The molecule has 0 aromatic heterocycles. The molecule has 0 radical (unpaired) electrons. The summed E-state index contributed by atoms with van der Waals surface area (Å²) < 4.78 is 38.1. The molecule has 1 aromatic rings. The molecular weight excluding hydrogens is 588 g/mol. The van der Waals surface area contributed by atoms with E-state index in [9.17, 15) is 24.0 Å². The molecule has 15 heteroatoms. The van der Waals surface area contributed by atoms with Gasteiger partial charge in [-0.25, -0.2) is 4.79 Å². The predicted octanol–water partition coefficient (Wildman–Crippen LogP) is 1.41. The molecule has 232 valence electrons. The second-order valence-corrected chi connectivity index (χ2v) is 9.79. The topological polar surface area (TPSA) is 174 Å². The molecule has 1 saturated heterocycles. The van der Waals surface area contributed by atoms with Crippen LogP contribution in [0.15, 0.2) is 41.2 Å². The van der Waals surface area contributed by atoms with Crippen LogP contribution < -0.4 is 15.4 Å². The number of benzene rings is 1. The summed E-state index contributed by atoms with van der Waals surface area (Å²) >= 11 is 5.21. The number of rotatable bonds is 9. The van der Waals surface area contributed by atoms with Crippen LogP contribution in [0, 0.1) is 0 Å². The number of allylic oxidation sites excluding steroid dienone is 1. The zero-order chi connectivity index (χ0) is 31.8. The fourth-order valence-electron chi connectivity index (χ4n) is 4.35. The van der Waals surface area contributed by atoms with Gasteiger partial charge < -0.3 is 43.8 Å². The van der Waals surface area contributed by atoms with Crippen LogP contribution in [0.1, 0.15) is 40.2 Å². The molecule has 2 aliphatic heterocycles. The molecule has 0 saturated carbocycles. The lowest BCUT2D eigenvalue weighted by atomic mass is 9.98. The smallest absolute Gasteiger partial charge is 0.341 e. The Labute approximate surface area is 252 Å². The first-order valence-corrected chi connectivity index (χ1v) is 13.4. The highest BCUT2D eigenvalue weighted by molar-refractivity contribution is 7.80. The standard InChI is InChI=1S/C28H32N2O12S/c1-13-22(26(35)36-6)20(30-28(43)29-13)11-18-7-9-19(10-8-18)41-27-25(40-17(5)34)24(39-16(4)33)23(38-15(3)32)21(42-27)12-37-14(2)31/h7-11,21,23-25,27H,12H2,1-6H3,(H2,29,30,43)/t21-,23-,24-,25-,27-/m1/s1. The maximum Gasteiger partial charge on any atom is 0.341 e. The van der Waals surface area contributed by atoms with Gasteiger partial charge in [-0.2, -0.15) is 0 Å². The van der Waals surface area contributed by atoms with Crippen molar-refractivity contribution in [1.82, 2.24) is 10.6 Å². The molecule has 0 spiro atoms. The normalized spacial score (nSPS) is 24.2. The second-order valence-electron chi connectivity index (χ2n) is 9.38. The molecule has 14 nitrogen and oxygen atoms in total. The van der Waals surface area contributed by atoms with Gasteiger partial charge >= 0.3 is 29.8 Å². The van der Waals surface area contributed by atoms with Gasteiger partial charge in [0.05, 0.1) is 12.8 Å². The quantitative estimate of drug-likeness (QED) is 0.230. The summed E-state index contributed by atoms with van der Waals surface area (Å²) in [4.78, 5) is 59.8. The van der Waals surface area contributed by atoms with E-state index in [-0.39, 0.29) is 17.9 Å². The molecule has 5 atom stereocenters. The van der Waals surface area contributed by atoms with Gasteiger partial charge in [-0.15, -0.1) is 0 Å². The zero-order valence-corrected chi connectivity index (χ0v) is 25.1. The highest BCUT2D eigenvalue weighted by Crippen LogP contribution is 2.31. The van der Waals surface area contributed by atoms with Gasteiger partial charge in [-0.1, -0.05) is 12.1 Å². The second kappa shape index (κ2) is 14.6. The van der Waals surface area contributed by atoms with Crippen LogP contribution in [0.4, 0.5) is 0 Å². The van der Waals surface area contributed by atoms with Crippen molar-refractivity contribution in [2.45, 2.75) is 65.3 Å². The van der Waals surface area contributed by atoms with E-state index in [0.717, 1.165) is 20.8 Å². The summed E-state index contributed by atoms with van der Waals surface area (Å²) in [6, 6.07) is 6.50. The first kappa shape index (κ1) is 33.0. The van der Waals surface area contributed by atoms with Crippen LogP contribution in [0.3, 0.4) is 0 Å². The molecule has 0 bridgehead atoms. The van der Waals surface area contributed by atoms with Crippen molar-refractivity contribution < 1.29 is 57.1 Å². The van der Waals surface area contributed by atoms with E-state index in [2.05, 4.69) is 10.6 Å². The van der Waals surface area contributed by atoms with Crippen LogP contribution in [0.2, 0.25) is 0 Å². The van der Waals surface area contributed by atoms with Crippen LogP contribution in [-0.2, 0) is 52.4 Å². The molecule has 0 amide bonds. The van der Waals surface area contributed by atoms with E-state index >= 15 is 0 Å². The summed E-state index contributed by atoms with van der Waals surface area (Å²) in [5.41, 5.74) is 1.86. The van der Waals surface area contributed by atoms with Gasteiger partial charge in [0.25, 0.3) is 0 Å². The van der Waals surface area contributed by atoms with Crippen LogP contribution >= 0.6 is 12.2 Å². The molecule has 1 fully saturated rings. The Kier molecular flexibility index (Phi) is 11.2. The van der Waals surface area contributed by atoms with Crippen molar-refractivity contribution >= 4 is 53.3 Å². The van der Waals surface area contributed by atoms with Gasteiger partial charge in [-0.3, -0.25) is 19.2 Å². The zero-order valence-electron chi connectivity index (χ0n) is 24.3. The first-order valence-electron chi connectivity index (χ1n) is 13.0. The van der Waals surface area contributed by atoms with Crippen LogP contribution in [-0.4, -0.2) is 79.4 Å². The Morgan fingerprint density at radius 1 is 0.860 bits per heavy atom. The van der Waals surface area contributed by atoms with Crippen molar-refractivity contribution in [2.24, 2.45) is 0 Å². The van der Waals surface area contributed by atoms with Crippen molar-refractivity contribution in [3.05, 3.63) is 46.8 Å². The number of esters is 5. The molecular formula is C28H32N2O12S. The number of methoxy groups -OCH3 is 1. The Morgan fingerprint density at radius 2 is 1.44 bits per heavy atom. The molecule has 2 heterocycles. The largest absolute Gasteiger partial charge is 0.465 e. The number of ether oxygens (including phenoxy) is 7. The lowest BCUT2D eigenvalue weighted by Gasteiger charge is -2.43. The highest BCUT2D eigenvalue weighted by atomic mass is 32.1. The maximum atomic E-state index is 12.4. The van der Waals surface area contributed by atoms with Gasteiger partial charge in [-0.05, 0) is 42.9 Å². The number of carbonyl (C=O) groups is 5. The van der Waals surface area contributed by atoms with E-state index in [4.69, 9.17) is 45.4 Å². The average Bonchev–Trinajstić information content (AvgIpc) is 2.90. The van der Waals surface area contributed by atoms with E-state index < -0.39 is 60.6 Å². The van der Waals surface area contributed by atoms with Gasteiger partial charge in [0.2, 0.25) is 12.4 Å². The van der Waals surface area contributed by atoms with Crippen molar-refractivity contribution in [1.29, 1.82) is 0 Å². The molecule has 43 heavy (non-hydrogen) atoms. The van der Waals surface area contributed by atoms with Crippen LogP contribution in [0.5, 0.6) is 5.75 Å². The first-order chi connectivity index (χ1) is 20.3. The SMILES string of the molecule is COC(=O)C1=C(C)NC(=S)NC1=Cc1ccc(O[C@@H]2O[C@H](COC(C)=O)[C@@H](OC(C)=O)[C@@H](OC(C)=O)[C@H]2OC(C)=O)cc1. The van der Waals surface area contributed by atoms with Crippen molar-refractivity contribution in [3.63, 3.8) is 0 Å². The lowest BCUT2D eigenvalue weighted by Crippen LogP contribution is -2.63. The molecule has 3 rings (SSSR count). The number of carbonyl (C=O) groups excluding carboxylic acids is 5. The Bertz CT molecular complexity index is 1340. The van der Waals surface area contributed by atoms with Crippen molar-refractivity contribution in [2.75, 3.05) is 13.7 Å². The molecule has 0 aliphatic carbocycles. The maximum absolute atomic E-state index is 12.4. The van der Waals surface area contributed by atoms with Gasteiger partial charge in [0, 0.05) is 33.4 Å². The number of hydrogen-bond acceptors (Lipinski definition) is 13. The van der Waals surface area contributed by atoms with E-state index in [1.807, 2.05) is 0 Å². The number of thiocarbonyl (C=S) groups is 1. The fourth-order valence-corrected chi connectivity index (χ4v) is 4.61. The lowest BCUT2D eigenvalue weighted by molar-refractivity contribution is -0.288. The van der Waals surface area contributed by atoms with Crippen LogP contribution in [0.25, 0.3) is 6.08 Å². The minimum Gasteiger partial charge on any atom is -0.465 e. The molecule has 0 unspecified atom stereocenters. The third-order valence-corrected chi connectivity index (χ3v) is 6.18. The Balaban J connectivity index is 1.94. The summed E-state index contributed by atoms with van der Waals surface area (Å²) in [7, 11) is 1.27. The highest BCUT2D eigenvalue weighted by Gasteiger charge is 2.53. The molecule has 2 N–H and O–H groups in total. The molecule has 2 aliphatic rings. The van der Waals surface area contributed by atoms with E-state index in [0.29, 0.717) is 22.1 Å². The number of hydrogen-bond donors (Lipinski definition) is 2. The van der Waals surface area contributed by atoms with E-state index in [1.54, 1.807) is 37.3 Å². The van der Waals surface area contributed by atoms with E-state index in [1.165, 1.54) is 14.0 Å². The van der Waals surface area contributed by atoms with Crippen molar-refractivity contribution in [3.8, 4) is 5.75 Å². The average molecular weight is 621 g/mol. The number of nitrogens with one attached hydrogen (secondary N) is 2.